The van der Waals surface area contributed by atoms with Crippen molar-refractivity contribution in [1.29, 1.82) is 0 Å². The van der Waals surface area contributed by atoms with Gasteiger partial charge in [0, 0.05) is 5.56 Å². The average molecular weight is 240 g/mol. The molecular formula is C12H16O3S. The summed E-state index contributed by atoms with van der Waals surface area (Å²) in [6, 6.07) is 0. The SMILES string of the molecule is COc1sc(C(=O)O)c2c1CC(C)(C)CC2. The molecule has 88 valence electrons. The lowest BCUT2D eigenvalue weighted by molar-refractivity contribution is 0.0700. The van der Waals surface area contributed by atoms with Crippen LogP contribution in [0, 0.1) is 5.41 Å². The van der Waals surface area contributed by atoms with Crippen LogP contribution in [0.3, 0.4) is 0 Å². The average Bonchev–Trinajstić information content (AvgIpc) is 2.54. The highest BCUT2D eigenvalue weighted by Crippen LogP contribution is 2.45. The third-order valence-corrected chi connectivity index (χ3v) is 4.39. The summed E-state index contributed by atoms with van der Waals surface area (Å²) in [6.07, 6.45) is 2.80. The van der Waals surface area contributed by atoms with Crippen molar-refractivity contribution in [2.24, 2.45) is 5.41 Å². The predicted octanol–water partition coefficient (Wildman–Crippen LogP) is 2.97. The van der Waals surface area contributed by atoms with Crippen molar-refractivity contribution in [3.8, 4) is 5.06 Å². The van der Waals surface area contributed by atoms with Crippen LogP contribution in [0.2, 0.25) is 0 Å². The van der Waals surface area contributed by atoms with E-state index in [0.717, 1.165) is 35.5 Å². The van der Waals surface area contributed by atoms with Crippen LogP contribution in [0.4, 0.5) is 0 Å². The van der Waals surface area contributed by atoms with E-state index >= 15 is 0 Å². The van der Waals surface area contributed by atoms with Gasteiger partial charge in [-0.25, -0.2) is 4.79 Å². The summed E-state index contributed by atoms with van der Waals surface area (Å²) >= 11 is 1.26. The predicted molar refractivity (Wildman–Crippen MR) is 63.6 cm³/mol. The molecule has 0 saturated carbocycles. The summed E-state index contributed by atoms with van der Waals surface area (Å²) in [5.41, 5.74) is 2.35. The molecule has 0 fully saturated rings. The topological polar surface area (TPSA) is 46.5 Å². The van der Waals surface area contributed by atoms with Gasteiger partial charge in [0.15, 0.2) is 5.06 Å². The number of rotatable bonds is 2. The lowest BCUT2D eigenvalue weighted by Gasteiger charge is -2.30. The lowest BCUT2D eigenvalue weighted by Crippen LogP contribution is -2.22. The van der Waals surface area contributed by atoms with Gasteiger partial charge in [-0.05, 0) is 30.2 Å². The second kappa shape index (κ2) is 3.77. The first kappa shape index (κ1) is 11.5. The minimum Gasteiger partial charge on any atom is -0.487 e. The summed E-state index contributed by atoms with van der Waals surface area (Å²) in [4.78, 5) is 11.6. The molecule has 1 N–H and O–H groups in total. The summed E-state index contributed by atoms with van der Waals surface area (Å²) in [6.45, 7) is 4.43. The van der Waals surface area contributed by atoms with Crippen molar-refractivity contribution >= 4 is 17.3 Å². The fourth-order valence-corrected chi connectivity index (χ4v) is 3.31. The number of carbonyl (C=O) groups is 1. The van der Waals surface area contributed by atoms with E-state index < -0.39 is 5.97 Å². The van der Waals surface area contributed by atoms with Gasteiger partial charge in [0.2, 0.25) is 0 Å². The maximum atomic E-state index is 11.1. The number of aromatic carboxylic acids is 1. The molecule has 0 unspecified atom stereocenters. The summed E-state index contributed by atoms with van der Waals surface area (Å²) < 4.78 is 5.29. The van der Waals surface area contributed by atoms with Gasteiger partial charge in [-0.2, -0.15) is 0 Å². The Labute approximate surface area is 99.1 Å². The fraction of sp³-hybridized carbons (Fsp3) is 0.583. The standard InChI is InChI=1S/C12H16O3S/c1-12(2)5-4-7-8(6-12)11(15-3)16-9(7)10(13)14/h4-6H2,1-3H3,(H,13,14). The van der Waals surface area contributed by atoms with Crippen molar-refractivity contribution in [2.75, 3.05) is 7.11 Å². The van der Waals surface area contributed by atoms with Crippen LogP contribution in [0.25, 0.3) is 0 Å². The number of ether oxygens (including phenoxy) is 1. The summed E-state index contributed by atoms with van der Waals surface area (Å²) in [5.74, 6) is -0.829. The number of carboxylic acids is 1. The molecule has 3 nitrogen and oxygen atoms in total. The monoisotopic (exact) mass is 240 g/mol. The van der Waals surface area contributed by atoms with Crippen molar-refractivity contribution in [2.45, 2.75) is 33.1 Å². The summed E-state index contributed by atoms with van der Waals surface area (Å²) in [5, 5.41) is 9.91. The van der Waals surface area contributed by atoms with Crippen LogP contribution in [-0.2, 0) is 12.8 Å². The normalized spacial score (nSPS) is 17.9. The zero-order valence-corrected chi connectivity index (χ0v) is 10.6. The number of carboxylic acid groups (broad SMARTS) is 1. The number of fused-ring (bicyclic) bond motifs is 1. The quantitative estimate of drug-likeness (QED) is 0.864. The minimum atomic E-state index is -0.829. The molecule has 1 heterocycles. The molecule has 2 rings (SSSR count). The maximum absolute atomic E-state index is 11.1. The van der Waals surface area contributed by atoms with Gasteiger partial charge in [0.25, 0.3) is 0 Å². The van der Waals surface area contributed by atoms with Gasteiger partial charge in [-0.1, -0.05) is 25.2 Å². The van der Waals surface area contributed by atoms with Gasteiger partial charge < -0.3 is 9.84 Å². The number of methoxy groups -OCH3 is 1. The van der Waals surface area contributed by atoms with Gasteiger partial charge in [0.1, 0.15) is 4.88 Å². The molecule has 0 atom stereocenters. The van der Waals surface area contributed by atoms with E-state index in [-0.39, 0.29) is 5.41 Å². The largest absolute Gasteiger partial charge is 0.487 e. The van der Waals surface area contributed by atoms with Crippen molar-refractivity contribution in [3.63, 3.8) is 0 Å². The van der Waals surface area contributed by atoms with E-state index in [9.17, 15) is 4.79 Å². The Hall–Kier alpha value is -1.03. The smallest absolute Gasteiger partial charge is 0.346 e. The molecule has 1 aromatic rings. The fourth-order valence-electron chi connectivity index (χ4n) is 2.29. The third-order valence-electron chi connectivity index (χ3n) is 3.17. The zero-order valence-electron chi connectivity index (χ0n) is 9.79. The molecule has 1 aliphatic rings. The first-order valence-electron chi connectivity index (χ1n) is 5.36. The van der Waals surface area contributed by atoms with Gasteiger partial charge in [-0.3, -0.25) is 0 Å². The molecule has 1 aromatic heterocycles. The Bertz CT molecular complexity index is 432. The molecule has 0 saturated heterocycles. The highest BCUT2D eigenvalue weighted by atomic mass is 32.1. The Morgan fingerprint density at radius 2 is 2.12 bits per heavy atom. The number of hydrogen-bond acceptors (Lipinski definition) is 3. The number of thiophene rings is 1. The molecule has 0 aliphatic heterocycles. The van der Waals surface area contributed by atoms with Crippen molar-refractivity contribution in [3.05, 3.63) is 16.0 Å². The molecule has 16 heavy (non-hydrogen) atoms. The molecule has 4 heteroatoms. The Morgan fingerprint density at radius 3 is 2.69 bits per heavy atom. The first-order valence-corrected chi connectivity index (χ1v) is 6.18. The molecule has 0 radical (unpaired) electrons. The molecule has 0 aromatic carbocycles. The molecular weight excluding hydrogens is 224 g/mol. The van der Waals surface area contributed by atoms with E-state index in [1.54, 1.807) is 7.11 Å². The van der Waals surface area contributed by atoms with Crippen LogP contribution in [-0.4, -0.2) is 18.2 Å². The Morgan fingerprint density at radius 1 is 1.44 bits per heavy atom. The summed E-state index contributed by atoms with van der Waals surface area (Å²) in [7, 11) is 1.61. The van der Waals surface area contributed by atoms with Gasteiger partial charge >= 0.3 is 5.97 Å². The van der Waals surface area contributed by atoms with Crippen LogP contribution in [0.1, 0.15) is 41.1 Å². The van der Waals surface area contributed by atoms with E-state index in [1.807, 2.05) is 0 Å². The van der Waals surface area contributed by atoms with Crippen molar-refractivity contribution < 1.29 is 14.6 Å². The lowest BCUT2D eigenvalue weighted by atomic mass is 9.75. The molecule has 0 amide bonds. The van der Waals surface area contributed by atoms with Crippen molar-refractivity contribution in [1.82, 2.24) is 0 Å². The maximum Gasteiger partial charge on any atom is 0.346 e. The van der Waals surface area contributed by atoms with E-state index in [2.05, 4.69) is 13.8 Å². The highest BCUT2D eigenvalue weighted by molar-refractivity contribution is 7.16. The minimum absolute atomic E-state index is 0.247. The van der Waals surface area contributed by atoms with E-state index in [1.165, 1.54) is 11.3 Å². The van der Waals surface area contributed by atoms with Crippen LogP contribution >= 0.6 is 11.3 Å². The van der Waals surface area contributed by atoms with E-state index in [4.69, 9.17) is 9.84 Å². The zero-order chi connectivity index (χ0) is 11.9. The second-order valence-corrected chi connectivity index (χ2v) is 6.01. The van der Waals surface area contributed by atoms with Gasteiger partial charge in [-0.15, -0.1) is 0 Å². The Balaban J connectivity index is 2.50. The highest BCUT2D eigenvalue weighted by Gasteiger charge is 2.32. The van der Waals surface area contributed by atoms with Crippen LogP contribution in [0.5, 0.6) is 5.06 Å². The first-order chi connectivity index (χ1) is 7.44. The Kier molecular flexibility index (Phi) is 2.70. The van der Waals surface area contributed by atoms with Crippen LogP contribution in [0.15, 0.2) is 0 Å². The van der Waals surface area contributed by atoms with Gasteiger partial charge in [0.05, 0.1) is 7.11 Å². The molecule has 0 spiro atoms. The second-order valence-electron chi connectivity index (χ2n) is 5.03. The van der Waals surface area contributed by atoms with Crippen LogP contribution < -0.4 is 4.74 Å². The third kappa shape index (κ3) is 1.82. The molecule has 1 aliphatic carbocycles. The number of hydrogen-bond donors (Lipinski definition) is 1. The van der Waals surface area contributed by atoms with E-state index in [0.29, 0.717) is 4.88 Å². The molecule has 0 bridgehead atoms.